The number of likely N-dealkylation sites (N-methyl/N-ethyl adjacent to an activating group) is 1. The number of fused-ring (bicyclic) bond motifs is 2. The fourth-order valence-corrected chi connectivity index (χ4v) is 6.20. The molecular formula is C23H26F3N3O4S. The number of benzene rings is 2. The highest BCUT2D eigenvalue weighted by molar-refractivity contribution is 7.89. The molecule has 4 rings (SSSR count). The zero-order valence-corrected chi connectivity index (χ0v) is 19.8. The molecule has 0 saturated carbocycles. The number of hydrogen-bond donors (Lipinski definition) is 0. The van der Waals surface area contributed by atoms with Crippen LogP contribution in [0.2, 0.25) is 0 Å². The minimum absolute atomic E-state index is 0.0603. The number of carbonyl (C=O) groups excluding carboxylic acids is 1. The van der Waals surface area contributed by atoms with Crippen LogP contribution in [0.25, 0.3) is 0 Å². The molecular weight excluding hydrogens is 471 g/mol. The number of anilines is 2. The van der Waals surface area contributed by atoms with Crippen LogP contribution >= 0.6 is 0 Å². The second-order valence-corrected chi connectivity index (χ2v) is 10.7. The minimum atomic E-state index is -5.17. The van der Waals surface area contributed by atoms with Crippen LogP contribution in [-0.2, 0) is 14.8 Å². The van der Waals surface area contributed by atoms with E-state index in [9.17, 15) is 26.4 Å². The van der Waals surface area contributed by atoms with Crippen LogP contribution in [0.15, 0.2) is 53.4 Å². The first kappa shape index (κ1) is 24.5. The van der Waals surface area contributed by atoms with Gasteiger partial charge in [-0.25, -0.2) is 8.42 Å². The third-order valence-corrected chi connectivity index (χ3v) is 7.97. The Morgan fingerprint density at radius 1 is 1.06 bits per heavy atom. The number of sulfonamides is 1. The van der Waals surface area contributed by atoms with Crippen molar-refractivity contribution in [1.29, 1.82) is 0 Å². The van der Waals surface area contributed by atoms with Crippen molar-refractivity contribution in [3.63, 3.8) is 0 Å². The Balaban J connectivity index is 1.70. The maximum Gasteiger partial charge on any atom is 0.472 e. The molecule has 0 aromatic heterocycles. The third kappa shape index (κ3) is 4.64. The fraction of sp³-hybridized carbons (Fsp3) is 0.435. The van der Waals surface area contributed by atoms with Gasteiger partial charge in [-0.1, -0.05) is 6.07 Å². The molecule has 11 heteroatoms. The summed E-state index contributed by atoms with van der Waals surface area (Å²) < 4.78 is 74.1. The van der Waals surface area contributed by atoms with Gasteiger partial charge in [0.05, 0.1) is 16.7 Å². The summed E-state index contributed by atoms with van der Waals surface area (Å²) >= 11 is 0. The number of ether oxygens (including phenoxy) is 1. The molecule has 2 aromatic carbocycles. The summed E-state index contributed by atoms with van der Waals surface area (Å²) in [5.74, 6) is -1.69. The number of halogens is 3. The summed E-state index contributed by atoms with van der Waals surface area (Å²) in [6.45, 7) is 4.55. The summed E-state index contributed by atoms with van der Waals surface area (Å²) in [4.78, 5) is 14.8. The first-order chi connectivity index (χ1) is 15.9. The van der Waals surface area contributed by atoms with Crippen molar-refractivity contribution >= 4 is 27.3 Å². The molecule has 2 aromatic rings. The second kappa shape index (κ2) is 8.86. The Morgan fingerprint density at radius 2 is 1.74 bits per heavy atom. The average Bonchev–Trinajstić information content (AvgIpc) is 3.34. The van der Waals surface area contributed by atoms with Gasteiger partial charge in [0.2, 0.25) is 10.0 Å². The number of amides is 1. The molecule has 1 amide bonds. The van der Waals surface area contributed by atoms with Gasteiger partial charge in [-0.3, -0.25) is 9.69 Å². The number of carbonyl (C=O) groups is 1. The molecule has 0 radical (unpaired) electrons. The summed E-state index contributed by atoms with van der Waals surface area (Å²) in [5.41, 5.74) is -0.253. The molecule has 34 heavy (non-hydrogen) atoms. The summed E-state index contributed by atoms with van der Waals surface area (Å²) in [7, 11) is -2.01. The van der Waals surface area contributed by atoms with Crippen LogP contribution in [0.5, 0.6) is 5.75 Å². The average molecular weight is 498 g/mol. The smallest absolute Gasteiger partial charge is 0.472 e. The van der Waals surface area contributed by atoms with Crippen LogP contribution in [0.4, 0.5) is 24.5 Å². The Morgan fingerprint density at radius 3 is 2.26 bits per heavy atom. The Labute approximate surface area is 196 Å². The zero-order valence-electron chi connectivity index (χ0n) is 19.0. The van der Waals surface area contributed by atoms with E-state index in [1.165, 1.54) is 46.8 Å². The van der Waals surface area contributed by atoms with Gasteiger partial charge in [0.15, 0.2) is 0 Å². The highest BCUT2D eigenvalue weighted by Crippen LogP contribution is 2.37. The molecule has 2 heterocycles. The van der Waals surface area contributed by atoms with Crippen LogP contribution in [0.3, 0.4) is 0 Å². The van der Waals surface area contributed by atoms with E-state index in [-0.39, 0.29) is 34.5 Å². The predicted octanol–water partition coefficient (Wildman–Crippen LogP) is 3.78. The summed E-state index contributed by atoms with van der Waals surface area (Å²) in [5, 5.41) is 0. The van der Waals surface area contributed by atoms with E-state index in [1.54, 1.807) is 0 Å². The van der Waals surface area contributed by atoms with E-state index in [4.69, 9.17) is 4.74 Å². The van der Waals surface area contributed by atoms with E-state index in [0.29, 0.717) is 23.7 Å². The lowest BCUT2D eigenvalue weighted by Crippen LogP contribution is -2.47. The van der Waals surface area contributed by atoms with Gasteiger partial charge < -0.3 is 9.64 Å². The summed E-state index contributed by atoms with van der Waals surface area (Å²) in [6, 6.07) is 10.6. The predicted molar refractivity (Wildman–Crippen MR) is 121 cm³/mol. The number of rotatable bonds is 6. The van der Waals surface area contributed by atoms with E-state index in [2.05, 4.69) is 4.90 Å². The molecule has 2 fully saturated rings. The molecule has 2 atom stereocenters. The minimum Gasteiger partial charge on any atom is -0.491 e. The lowest BCUT2D eigenvalue weighted by Gasteiger charge is -2.31. The highest BCUT2D eigenvalue weighted by Gasteiger charge is 2.47. The van der Waals surface area contributed by atoms with Gasteiger partial charge in [-0.05, 0) is 69.8 Å². The van der Waals surface area contributed by atoms with Crippen molar-refractivity contribution < 1.29 is 31.1 Å². The van der Waals surface area contributed by atoms with E-state index < -0.39 is 22.1 Å². The second-order valence-electron chi connectivity index (χ2n) is 8.85. The van der Waals surface area contributed by atoms with Crippen LogP contribution < -0.4 is 9.64 Å². The van der Waals surface area contributed by atoms with Crippen molar-refractivity contribution in [3.05, 3.63) is 48.5 Å². The van der Waals surface area contributed by atoms with E-state index >= 15 is 0 Å². The normalized spacial score (nSPS) is 21.3. The number of likely N-dealkylation sites (tertiary alicyclic amines) is 1. The SMILES string of the molecule is CC(C)Oc1ccc(N(C(=O)C(F)(F)F)c2cccc(S(=O)(=O)N3C[C@@H]4C[C@H]3CN4C)c2)cc1. The quantitative estimate of drug-likeness (QED) is 0.608. The third-order valence-electron chi connectivity index (χ3n) is 6.06. The van der Waals surface area contributed by atoms with Crippen LogP contribution in [-0.4, -0.2) is 68.0 Å². The molecule has 2 aliphatic rings. The van der Waals surface area contributed by atoms with E-state index in [0.717, 1.165) is 12.5 Å². The van der Waals surface area contributed by atoms with Gasteiger partial charge in [0.25, 0.3) is 0 Å². The fourth-order valence-electron chi connectivity index (χ4n) is 4.50. The lowest BCUT2D eigenvalue weighted by molar-refractivity contribution is -0.169. The Kier molecular flexibility index (Phi) is 6.38. The van der Waals surface area contributed by atoms with Crippen molar-refractivity contribution in [2.45, 2.75) is 49.5 Å². The molecule has 0 N–H and O–H groups in total. The number of hydrogen-bond acceptors (Lipinski definition) is 5. The Bertz CT molecular complexity index is 1170. The monoisotopic (exact) mass is 497 g/mol. The van der Waals surface area contributed by atoms with Gasteiger partial charge in [0, 0.05) is 30.9 Å². The van der Waals surface area contributed by atoms with Crippen molar-refractivity contribution in [2.24, 2.45) is 0 Å². The topological polar surface area (TPSA) is 70.2 Å². The summed E-state index contributed by atoms with van der Waals surface area (Å²) in [6.07, 6.45) is -4.58. The van der Waals surface area contributed by atoms with Gasteiger partial charge >= 0.3 is 12.1 Å². The first-order valence-corrected chi connectivity index (χ1v) is 12.3. The zero-order chi connectivity index (χ0) is 24.8. The van der Waals surface area contributed by atoms with Crippen molar-refractivity contribution in [2.75, 3.05) is 25.0 Å². The standard InChI is InChI=1S/C23H26F3N3O4S/c1-15(2)33-20-9-7-16(8-10-20)29(22(30)23(24,25)26)17-5-4-6-21(12-17)34(31,32)28-14-18-11-19(28)13-27(18)3/h4-10,12,15,18-19H,11,13-14H2,1-3H3/t18-,19-/m0/s1. The number of alkyl halides is 3. The maximum absolute atomic E-state index is 13.5. The van der Waals surface area contributed by atoms with Gasteiger partial charge in [0.1, 0.15) is 5.75 Å². The molecule has 0 spiro atoms. The largest absolute Gasteiger partial charge is 0.491 e. The lowest BCUT2D eigenvalue weighted by atomic mass is 10.2. The van der Waals surface area contributed by atoms with Gasteiger partial charge in [-0.15, -0.1) is 0 Å². The van der Waals surface area contributed by atoms with Crippen LogP contribution in [0, 0.1) is 0 Å². The molecule has 2 bridgehead atoms. The van der Waals surface area contributed by atoms with Crippen molar-refractivity contribution in [3.8, 4) is 5.75 Å². The maximum atomic E-state index is 13.5. The molecule has 184 valence electrons. The van der Waals surface area contributed by atoms with Crippen molar-refractivity contribution in [1.82, 2.24) is 9.21 Å². The first-order valence-electron chi connectivity index (χ1n) is 10.9. The molecule has 0 unspecified atom stereocenters. The molecule has 2 saturated heterocycles. The van der Waals surface area contributed by atoms with Gasteiger partial charge in [-0.2, -0.15) is 17.5 Å². The Hall–Kier alpha value is -2.63. The molecule has 2 aliphatic heterocycles. The number of nitrogens with zero attached hydrogens (tertiary/aromatic N) is 3. The molecule has 7 nitrogen and oxygen atoms in total. The van der Waals surface area contributed by atoms with Crippen LogP contribution in [0.1, 0.15) is 20.3 Å². The highest BCUT2D eigenvalue weighted by atomic mass is 32.2. The van der Waals surface area contributed by atoms with E-state index in [1.807, 2.05) is 20.9 Å². The molecule has 0 aliphatic carbocycles. The number of piperazine rings is 1.